The van der Waals surface area contributed by atoms with Crippen molar-refractivity contribution >= 4 is 11.3 Å². The van der Waals surface area contributed by atoms with Crippen molar-refractivity contribution in [2.24, 2.45) is 0 Å². The first-order chi connectivity index (χ1) is 10.3. The van der Waals surface area contributed by atoms with Crippen molar-refractivity contribution in [2.45, 2.75) is 13.5 Å². The number of aromatic nitrogens is 3. The van der Waals surface area contributed by atoms with E-state index in [0.29, 0.717) is 6.61 Å². The third-order valence-corrected chi connectivity index (χ3v) is 3.81. The highest BCUT2D eigenvalue weighted by Gasteiger charge is 2.19. The predicted octanol–water partition coefficient (Wildman–Crippen LogP) is 2.44. The molecule has 3 heterocycles. The van der Waals surface area contributed by atoms with E-state index >= 15 is 0 Å². The number of ether oxygens (including phenoxy) is 1. The molecule has 1 aliphatic rings. The van der Waals surface area contributed by atoms with Gasteiger partial charge in [0, 0.05) is 0 Å². The number of rotatable bonds is 2. The zero-order chi connectivity index (χ0) is 14.2. The third-order valence-electron chi connectivity index (χ3n) is 3.81. The summed E-state index contributed by atoms with van der Waals surface area (Å²) in [6, 6.07) is 12.4. The molecule has 21 heavy (non-hydrogen) atoms. The Bertz CT molecular complexity index is 796. The van der Waals surface area contributed by atoms with Gasteiger partial charge in [-0.3, -0.25) is 0 Å². The van der Waals surface area contributed by atoms with Gasteiger partial charge in [-0.05, 0) is 36.8 Å². The smallest absolute Gasteiger partial charge is 0.155 e. The number of hydrogen-bond donors (Lipinski definition) is 0. The lowest BCUT2D eigenvalue weighted by Crippen LogP contribution is -2.32. The van der Waals surface area contributed by atoms with Gasteiger partial charge in [0.2, 0.25) is 0 Å². The van der Waals surface area contributed by atoms with Crippen molar-refractivity contribution in [3.63, 3.8) is 0 Å². The van der Waals surface area contributed by atoms with Gasteiger partial charge in [0.15, 0.2) is 5.65 Å². The Balaban J connectivity index is 1.71. The molecule has 0 unspecified atom stereocenters. The largest absolute Gasteiger partial charge is 0.490 e. The van der Waals surface area contributed by atoms with E-state index in [9.17, 15) is 0 Å². The SMILES string of the molecule is Cc1ccc2c(c1)OCCN2Cc1cccc2ncnn12. The van der Waals surface area contributed by atoms with Crippen LogP contribution in [0.4, 0.5) is 5.69 Å². The molecule has 0 spiro atoms. The molecular formula is C16H16N4O. The molecule has 0 atom stereocenters. The lowest BCUT2D eigenvalue weighted by atomic mass is 10.1. The zero-order valence-electron chi connectivity index (χ0n) is 11.9. The van der Waals surface area contributed by atoms with Crippen LogP contribution in [0.5, 0.6) is 5.75 Å². The Morgan fingerprint density at radius 3 is 3.14 bits per heavy atom. The predicted molar refractivity (Wildman–Crippen MR) is 80.7 cm³/mol. The molecular weight excluding hydrogens is 264 g/mol. The highest BCUT2D eigenvalue weighted by atomic mass is 16.5. The normalized spacial score (nSPS) is 14.0. The summed E-state index contributed by atoms with van der Waals surface area (Å²) in [6.45, 7) is 4.46. The summed E-state index contributed by atoms with van der Waals surface area (Å²) < 4.78 is 7.66. The van der Waals surface area contributed by atoms with Gasteiger partial charge in [-0.15, -0.1) is 0 Å². The fourth-order valence-electron chi connectivity index (χ4n) is 2.77. The van der Waals surface area contributed by atoms with Gasteiger partial charge in [-0.1, -0.05) is 12.1 Å². The molecule has 1 aliphatic heterocycles. The van der Waals surface area contributed by atoms with Crippen molar-refractivity contribution in [3.05, 3.63) is 54.0 Å². The van der Waals surface area contributed by atoms with Crippen LogP contribution >= 0.6 is 0 Å². The first-order valence-corrected chi connectivity index (χ1v) is 7.07. The van der Waals surface area contributed by atoms with E-state index in [-0.39, 0.29) is 0 Å². The summed E-state index contributed by atoms with van der Waals surface area (Å²) >= 11 is 0. The van der Waals surface area contributed by atoms with Gasteiger partial charge in [0.25, 0.3) is 0 Å². The minimum absolute atomic E-state index is 0.712. The van der Waals surface area contributed by atoms with Crippen LogP contribution in [0.3, 0.4) is 0 Å². The van der Waals surface area contributed by atoms with Crippen LogP contribution in [-0.4, -0.2) is 27.7 Å². The average molecular weight is 280 g/mol. The Labute approximate surface area is 122 Å². The number of anilines is 1. The summed E-state index contributed by atoms with van der Waals surface area (Å²) in [7, 11) is 0. The quantitative estimate of drug-likeness (QED) is 0.723. The van der Waals surface area contributed by atoms with Crippen molar-refractivity contribution in [2.75, 3.05) is 18.1 Å². The molecule has 2 aromatic heterocycles. The Morgan fingerprint density at radius 1 is 1.24 bits per heavy atom. The first-order valence-electron chi connectivity index (χ1n) is 7.07. The van der Waals surface area contributed by atoms with Crippen LogP contribution in [0.2, 0.25) is 0 Å². The molecule has 106 valence electrons. The first kappa shape index (κ1) is 12.2. The van der Waals surface area contributed by atoms with Crippen LogP contribution < -0.4 is 9.64 Å². The lowest BCUT2D eigenvalue weighted by molar-refractivity contribution is 0.306. The highest BCUT2D eigenvalue weighted by molar-refractivity contribution is 5.61. The van der Waals surface area contributed by atoms with Crippen LogP contribution in [0.1, 0.15) is 11.3 Å². The van der Waals surface area contributed by atoms with Gasteiger partial charge >= 0.3 is 0 Å². The van der Waals surface area contributed by atoms with Crippen molar-refractivity contribution in [1.29, 1.82) is 0 Å². The summed E-state index contributed by atoms with van der Waals surface area (Å²) in [5, 5.41) is 4.30. The maximum absolute atomic E-state index is 5.77. The summed E-state index contributed by atoms with van der Waals surface area (Å²) in [5.74, 6) is 0.965. The second-order valence-electron chi connectivity index (χ2n) is 5.29. The number of hydrogen-bond acceptors (Lipinski definition) is 4. The molecule has 5 heteroatoms. The molecule has 0 N–H and O–H groups in total. The van der Waals surface area contributed by atoms with E-state index in [4.69, 9.17) is 4.74 Å². The molecule has 5 nitrogen and oxygen atoms in total. The molecule has 0 saturated heterocycles. The molecule has 0 saturated carbocycles. The number of fused-ring (bicyclic) bond motifs is 2. The van der Waals surface area contributed by atoms with E-state index in [1.54, 1.807) is 6.33 Å². The highest BCUT2D eigenvalue weighted by Crippen LogP contribution is 2.33. The standard InChI is InChI=1S/C16H16N4O/c1-12-5-6-14-15(9-12)21-8-7-19(14)10-13-3-2-4-16-17-11-18-20(13)16/h2-6,9,11H,7-8,10H2,1H3. The minimum atomic E-state index is 0.712. The van der Waals surface area contributed by atoms with E-state index in [0.717, 1.165) is 35.9 Å². The van der Waals surface area contributed by atoms with Gasteiger partial charge in [-0.25, -0.2) is 9.50 Å². The molecule has 0 fully saturated rings. The number of nitrogens with zero attached hydrogens (tertiary/aromatic N) is 4. The van der Waals surface area contributed by atoms with Gasteiger partial charge in [0.1, 0.15) is 18.7 Å². The number of benzene rings is 1. The minimum Gasteiger partial charge on any atom is -0.490 e. The van der Waals surface area contributed by atoms with E-state index in [2.05, 4.69) is 46.2 Å². The maximum atomic E-state index is 5.77. The van der Waals surface area contributed by atoms with E-state index < -0.39 is 0 Å². The summed E-state index contributed by atoms with van der Waals surface area (Å²) in [5.41, 5.74) is 4.36. The van der Waals surface area contributed by atoms with Crippen LogP contribution in [-0.2, 0) is 6.54 Å². The summed E-state index contributed by atoms with van der Waals surface area (Å²) in [6.07, 6.45) is 1.59. The molecule has 0 bridgehead atoms. The molecule has 3 aromatic rings. The van der Waals surface area contributed by atoms with Crippen molar-refractivity contribution in [1.82, 2.24) is 14.6 Å². The molecule has 0 aliphatic carbocycles. The Morgan fingerprint density at radius 2 is 2.19 bits per heavy atom. The fraction of sp³-hybridized carbons (Fsp3) is 0.250. The fourth-order valence-corrected chi connectivity index (χ4v) is 2.77. The lowest BCUT2D eigenvalue weighted by Gasteiger charge is -2.31. The Hall–Kier alpha value is -2.56. The number of aryl methyl sites for hydroxylation is 1. The molecule has 1 aromatic carbocycles. The second kappa shape index (κ2) is 4.77. The van der Waals surface area contributed by atoms with Gasteiger partial charge < -0.3 is 9.64 Å². The van der Waals surface area contributed by atoms with E-state index in [1.807, 2.05) is 16.6 Å². The van der Waals surface area contributed by atoms with E-state index in [1.165, 1.54) is 5.56 Å². The summed E-state index contributed by atoms with van der Waals surface area (Å²) in [4.78, 5) is 6.57. The Kier molecular flexibility index (Phi) is 2.77. The van der Waals surface area contributed by atoms with Gasteiger partial charge in [-0.2, -0.15) is 5.10 Å². The van der Waals surface area contributed by atoms with Gasteiger partial charge in [0.05, 0.1) is 24.5 Å². The molecule has 4 rings (SSSR count). The monoisotopic (exact) mass is 280 g/mol. The van der Waals surface area contributed by atoms with Crippen LogP contribution in [0, 0.1) is 6.92 Å². The second-order valence-corrected chi connectivity index (χ2v) is 5.29. The molecule has 0 radical (unpaired) electrons. The number of pyridine rings is 1. The maximum Gasteiger partial charge on any atom is 0.155 e. The van der Waals surface area contributed by atoms with Crippen molar-refractivity contribution in [3.8, 4) is 5.75 Å². The average Bonchev–Trinajstić information content (AvgIpc) is 2.97. The molecule has 0 amide bonds. The van der Waals surface area contributed by atoms with Crippen LogP contribution in [0.25, 0.3) is 5.65 Å². The zero-order valence-corrected chi connectivity index (χ0v) is 11.9. The topological polar surface area (TPSA) is 42.7 Å². The third kappa shape index (κ3) is 2.11. The van der Waals surface area contributed by atoms with Crippen molar-refractivity contribution < 1.29 is 4.74 Å². The van der Waals surface area contributed by atoms with Crippen LogP contribution in [0.15, 0.2) is 42.7 Å².